The number of anilines is 1. The fraction of sp³-hybridized carbons (Fsp3) is 0.133. The van der Waals surface area contributed by atoms with Crippen LogP contribution in [-0.2, 0) is 4.74 Å². The maximum absolute atomic E-state index is 10.5. The van der Waals surface area contributed by atoms with E-state index in [1.54, 1.807) is 26.4 Å². The van der Waals surface area contributed by atoms with Gasteiger partial charge in [-0.3, -0.25) is 4.79 Å². The van der Waals surface area contributed by atoms with E-state index < -0.39 is 0 Å². The molecule has 0 saturated carbocycles. The molecule has 0 heterocycles. The number of hydrogen-bond donors (Lipinski definition) is 1. The fourth-order valence-corrected chi connectivity index (χ4v) is 1.43. The third-order valence-electron chi connectivity index (χ3n) is 2.29. The first-order valence-corrected chi connectivity index (χ1v) is 5.52. The smallest absolute Gasteiger partial charge is 0.150 e. The monoisotopic (exact) mass is 243 g/mol. The minimum atomic E-state index is 0.689. The van der Waals surface area contributed by atoms with Crippen LogP contribution in [0.4, 0.5) is 5.69 Å². The molecule has 2 aromatic rings. The molecule has 2 rings (SSSR count). The number of rotatable bonds is 2. The molecule has 0 aliphatic carbocycles. The van der Waals surface area contributed by atoms with Crippen LogP contribution in [0.15, 0.2) is 48.5 Å². The van der Waals surface area contributed by atoms with E-state index in [1.807, 2.05) is 36.4 Å². The van der Waals surface area contributed by atoms with E-state index in [0.29, 0.717) is 5.56 Å². The maximum atomic E-state index is 10.5. The quantitative estimate of drug-likeness (QED) is 0.651. The number of carbonyl (C=O) groups excluding carboxylic acids is 1. The van der Waals surface area contributed by atoms with Crippen molar-refractivity contribution in [2.75, 3.05) is 20.0 Å². The van der Waals surface area contributed by atoms with Crippen LogP contribution in [0.1, 0.15) is 10.4 Å². The molecule has 2 aromatic carbocycles. The molecule has 3 heteroatoms. The second-order valence-electron chi connectivity index (χ2n) is 3.77. The van der Waals surface area contributed by atoms with Gasteiger partial charge in [0.1, 0.15) is 6.29 Å². The maximum Gasteiger partial charge on any atom is 0.150 e. The number of nitrogen functional groups attached to an aromatic ring is 1. The van der Waals surface area contributed by atoms with E-state index in [1.165, 1.54) is 0 Å². The largest absolute Gasteiger partial charge is 0.399 e. The first-order chi connectivity index (χ1) is 8.71. The van der Waals surface area contributed by atoms with Crippen LogP contribution in [0.25, 0.3) is 11.1 Å². The van der Waals surface area contributed by atoms with Gasteiger partial charge >= 0.3 is 0 Å². The van der Waals surface area contributed by atoms with Crippen molar-refractivity contribution < 1.29 is 9.53 Å². The van der Waals surface area contributed by atoms with Gasteiger partial charge in [0.25, 0.3) is 0 Å². The summed E-state index contributed by atoms with van der Waals surface area (Å²) in [5.74, 6) is 0. The molecule has 0 aromatic heterocycles. The van der Waals surface area contributed by atoms with Crippen molar-refractivity contribution in [1.29, 1.82) is 0 Å². The van der Waals surface area contributed by atoms with Gasteiger partial charge in [0, 0.05) is 25.5 Å². The number of ether oxygens (including phenoxy) is 1. The van der Waals surface area contributed by atoms with Crippen molar-refractivity contribution in [1.82, 2.24) is 0 Å². The molecular formula is C15H17NO2. The molecule has 0 fully saturated rings. The molecule has 94 valence electrons. The Morgan fingerprint density at radius 2 is 1.28 bits per heavy atom. The predicted octanol–water partition coefficient (Wildman–Crippen LogP) is 3.01. The molecule has 2 N–H and O–H groups in total. The molecule has 0 saturated heterocycles. The van der Waals surface area contributed by atoms with Crippen LogP contribution in [-0.4, -0.2) is 20.5 Å². The summed E-state index contributed by atoms with van der Waals surface area (Å²) in [4.78, 5) is 10.5. The van der Waals surface area contributed by atoms with Crippen LogP contribution in [0.5, 0.6) is 0 Å². The lowest BCUT2D eigenvalue weighted by atomic mass is 10.0. The van der Waals surface area contributed by atoms with Gasteiger partial charge in [0.05, 0.1) is 0 Å². The highest BCUT2D eigenvalue weighted by molar-refractivity contribution is 5.77. The number of benzene rings is 2. The number of carbonyl (C=O) groups is 1. The van der Waals surface area contributed by atoms with Crippen LogP contribution in [0.2, 0.25) is 0 Å². The van der Waals surface area contributed by atoms with Crippen LogP contribution in [0.3, 0.4) is 0 Å². The second-order valence-corrected chi connectivity index (χ2v) is 3.77. The van der Waals surface area contributed by atoms with Crippen molar-refractivity contribution in [2.24, 2.45) is 0 Å². The van der Waals surface area contributed by atoms with Gasteiger partial charge in [0.2, 0.25) is 0 Å². The average molecular weight is 243 g/mol. The van der Waals surface area contributed by atoms with Gasteiger partial charge in [-0.15, -0.1) is 0 Å². The van der Waals surface area contributed by atoms with Gasteiger partial charge in [-0.2, -0.15) is 0 Å². The third-order valence-corrected chi connectivity index (χ3v) is 2.29. The third kappa shape index (κ3) is 4.03. The average Bonchev–Trinajstić information content (AvgIpc) is 2.41. The zero-order valence-electron chi connectivity index (χ0n) is 10.6. The summed E-state index contributed by atoms with van der Waals surface area (Å²) in [5, 5.41) is 0. The molecule has 0 aliphatic heterocycles. The Morgan fingerprint density at radius 1 is 0.889 bits per heavy atom. The van der Waals surface area contributed by atoms with E-state index in [4.69, 9.17) is 5.73 Å². The lowest BCUT2D eigenvalue weighted by molar-refractivity contribution is 0.112. The number of aldehydes is 1. The Hall–Kier alpha value is -2.13. The minimum absolute atomic E-state index is 0.689. The Labute approximate surface area is 107 Å². The van der Waals surface area contributed by atoms with Gasteiger partial charge in [0.15, 0.2) is 0 Å². The summed E-state index contributed by atoms with van der Waals surface area (Å²) in [6.45, 7) is 0. The summed E-state index contributed by atoms with van der Waals surface area (Å²) < 4.78 is 4.25. The Kier molecular flexibility index (Phi) is 5.61. The van der Waals surface area contributed by atoms with E-state index >= 15 is 0 Å². The first kappa shape index (κ1) is 13.9. The van der Waals surface area contributed by atoms with E-state index in [-0.39, 0.29) is 0 Å². The van der Waals surface area contributed by atoms with Crippen LogP contribution >= 0.6 is 0 Å². The molecule has 3 nitrogen and oxygen atoms in total. The van der Waals surface area contributed by atoms with E-state index in [0.717, 1.165) is 23.1 Å². The minimum Gasteiger partial charge on any atom is -0.399 e. The van der Waals surface area contributed by atoms with Crippen LogP contribution < -0.4 is 5.73 Å². The summed E-state index contributed by atoms with van der Waals surface area (Å²) in [5.41, 5.74) is 9.23. The molecule has 0 bridgehead atoms. The highest BCUT2D eigenvalue weighted by atomic mass is 16.4. The van der Waals surface area contributed by atoms with Gasteiger partial charge in [-0.25, -0.2) is 0 Å². The van der Waals surface area contributed by atoms with E-state index in [9.17, 15) is 4.79 Å². The first-order valence-electron chi connectivity index (χ1n) is 5.52. The SMILES string of the molecule is COC.Nc1ccc(-c2ccc(C=O)cc2)cc1. The Morgan fingerprint density at radius 3 is 1.67 bits per heavy atom. The predicted molar refractivity (Wildman–Crippen MR) is 74.6 cm³/mol. The summed E-state index contributed by atoms with van der Waals surface area (Å²) in [6, 6.07) is 15.1. The highest BCUT2D eigenvalue weighted by Crippen LogP contribution is 2.20. The van der Waals surface area contributed by atoms with E-state index in [2.05, 4.69) is 4.74 Å². The molecular weight excluding hydrogens is 226 g/mol. The zero-order chi connectivity index (χ0) is 13.4. The Balaban J connectivity index is 0.000000492. The summed E-state index contributed by atoms with van der Waals surface area (Å²) in [7, 11) is 3.25. The lowest BCUT2D eigenvalue weighted by Gasteiger charge is -2.02. The van der Waals surface area contributed by atoms with Crippen molar-refractivity contribution in [3.63, 3.8) is 0 Å². The lowest BCUT2D eigenvalue weighted by Crippen LogP contribution is -1.84. The molecule has 0 atom stereocenters. The topological polar surface area (TPSA) is 52.3 Å². The normalized spacial score (nSPS) is 9.22. The zero-order valence-corrected chi connectivity index (χ0v) is 10.6. The fourth-order valence-electron chi connectivity index (χ4n) is 1.43. The number of hydrogen-bond acceptors (Lipinski definition) is 3. The molecule has 0 spiro atoms. The number of nitrogens with two attached hydrogens (primary N) is 1. The summed E-state index contributed by atoms with van der Waals surface area (Å²) >= 11 is 0. The Bertz CT molecular complexity index is 475. The molecule has 0 unspecified atom stereocenters. The van der Waals surface area contributed by atoms with Crippen LogP contribution in [0, 0.1) is 0 Å². The van der Waals surface area contributed by atoms with Crippen molar-refractivity contribution in [3.05, 3.63) is 54.1 Å². The molecule has 0 amide bonds. The van der Waals surface area contributed by atoms with Crippen molar-refractivity contribution >= 4 is 12.0 Å². The highest BCUT2D eigenvalue weighted by Gasteiger charge is 1.97. The molecule has 0 radical (unpaired) electrons. The summed E-state index contributed by atoms with van der Waals surface area (Å²) in [6.07, 6.45) is 0.840. The number of methoxy groups -OCH3 is 1. The molecule has 18 heavy (non-hydrogen) atoms. The van der Waals surface area contributed by atoms with Gasteiger partial charge in [-0.05, 0) is 23.3 Å². The second kappa shape index (κ2) is 7.25. The van der Waals surface area contributed by atoms with Crippen molar-refractivity contribution in [3.8, 4) is 11.1 Å². The van der Waals surface area contributed by atoms with Gasteiger partial charge in [-0.1, -0.05) is 36.4 Å². The van der Waals surface area contributed by atoms with Gasteiger partial charge < -0.3 is 10.5 Å². The van der Waals surface area contributed by atoms with Crippen molar-refractivity contribution in [2.45, 2.75) is 0 Å². The molecule has 0 aliphatic rings. The standard InChI is InChI=1S/C13H11NO.C2H6O/c14-13-7-5-12(6-8-13)11-3-1-10(9-15)2-4-11;1-3-2/h1-9H,14H2;1-2H3.